The zero-order valence-corrected chi connectivity index (χ0v) is 11.5. The van der Waals surface area contributed by atoms with Gasteiger partial charge in [-0.25, -0.2) is 0 Å². The highest BCUT2D eigenvalue weighted by atomic mass is 32.1. The Morgan fingerprint density at radius 2 is 2.39 bits per heavy atom. The Balaban J connectivity index is 1.84. The van der Waals surface area contributed by atoms with E-state index >= 15 is 0 Å². The quantitative estimate of drug-likeness (QED) is 0.834. The second-order valence-electron chi connectivity index (χ2n) is 4.27. The molecule has 2 heterocycles. The van der Waals surface area contributed by atoms with Gasteiger partial charge in [0.15, 0.2) is 0 Å². The number of hydrogen-bond donors (Lipinski definition) is 1. The zero-order valence-electron chi connectivity index (χ0n) is 10.7. The van der Waals surface area contributed by atoms with Crippen LogP contribution < -0.4 is 5.32 Å². The molecule has 0 aliphatic rings. The number of rotatable bonds is 7. The molecular formula is C12H18N4OS. The van der Waals surface area contributed by atoms with Crippen LogP contribution in [-0.2, 0) is 6.42 Å². The van der Waals surface area contributed by atoms with E-state index in [1.54, 1.807) is 11.7 Å². The number of aromatic nitrogens is 3. The molecule has 2 aromatic heterocycles. The van der Waals surface area contributed by atoms with Crippen LogP contribution >= 0.6 is 11.3 Å². The summed E-state index contributed by atoms with van der Waals surface area (Å²) >= 11 is 1.52. The second-order valence-corrected chi connectivity index (χ2v) is 5.16. The topological polar surface area (TPSA) is 63.8 Å². The van der Waals surface area contributed by atoms with Crippen molar-refractivity contribution < 1.29 is 4.52 Å². The van der Waals surface area contributed by atoms with Crippen LogP contribution in [0.2, 0.25) is 0 Å². The maximum atomic E-state index is 5.23. The van der Waals surface area contributed by atoms with E-state index in [1.807, 2.05) is 0 Å². The van der Waals surface area contributed by atoms with E-state index < -0.39 is 0 Å². The molecule has 0 spiro atoms. The van der Waals surface area contributed by atoms with E-state index in [9.17, 15) is 0 Å². The van der Waals surface area contributed by atoms with Gasteiger partial charge in [0.2, 0.25) is 11.7 Å². The standard InChI is InChI=1S/C12H18N4OS/c1-3-6-14-9(2)4-5-11-15-12(16-17-11)10-7-13-8-18-10/h7-9,14H,3-6H2,1-2H3. The van der Waals surface area contributed by atoms with Crippen molar-refractivity contribution in [2.24, 2.45) is 0 Å². The summed E-state index contributed by atoms with van der Waals surface area (Å²) in [7, 11) is 0. The van der Waals surface area contributed by atoms with Crippen molar-refractivity contribution in [2.45, 2.75) is 39.2 Å². The van der Waals surface area contributed by atoms with Gasteiger partial charge in [0, 0.05) is 18.7 Å². The molecule has 0 fully saturated rings. The summed E-state index contributed by atoms with van der Waals surface area (Å²) in [6.07, 6.45) is 4.72. The van der Waals surface area contributed by atoms with Crippen LogP contribution in [0.4, 0.5) is 0 Å². The highest BCUT2D eigenvalue weighted by Gasteiger charge is 2.10. The van der Waals surface area contributed by atoms with Gasteiger partial charge in [-0.05, 0) is 26.3 Å². The van der Waals surface area contributed by atoms with Crippen LogP contribution in [-0.4, -0.2) is 27.7 Å². The number of nitrogens with one attached hydrogen (secondary N) is 1. The first-order chi connectivity index (χ1) is 8.79. The zero-order chi connectivity index (χ0) is 12.8. The van der Waals surface area contributed by atoms with Crippen molar-refractivity contribution in [1.82, 2.24) is 20.4 Å². The lowest BCUT2D eigenvalue weighted by Crippen LogP contribution is -2.27. The third kappa shape index (κ3) is 3.61. The Labute approximate surface area is 111 Å². The van der Waals surface area contributed by atoms with Crippen molar-refractivity contribution in [1.29, 1.82) is 0 Å². The van der Waals surface area contributed by atoms with Gasteiger partial charge in [0.1, 0.15) is 0 Å². The third-order valence-electron chi connectivity index (χ3n) is 2.65. The van der Waals surface area contributed by atoms with Crippen LogP contribution in [0.25, 0.3) is 10.7 Å². The third-order valence-corrected chi connectivity index (χ3v) is 3.42. The van der Waals surface area contributed by atoms with Gasteiger partial charge in [-0.15, -0.1) is 11.3 Å². The summed E-state index contributed by atoms with van der Waals surface area (Å²) in [6, 6.07) is 0.476. The SMILES string of the molecule is CCCNC(C)CCc1nc(-c2cncs2)no1. The van der Waals surface area contributed by atoms with E-state index in [-0.39, 0.29) is 0 Å². The molecule has 0 aliphatic carbocycles. The Morgan fingerprint density at radius 3 is 3.11 bits per heavy atom. The molecule has 1 unspecified atom stereocenters. The highest BCUT2D eigenvalue weighted by molar-refractivity contribution is 7.13. The molecule has 0 bridgehead atoms. The minimum absolute atomic E-state index is 0.476. The molecule has 2 aromatic rings. The highest BCUT2D eigenvalue weighted by Crippen LogP contribution is 2.19. The fraction of sp³-hybridized carbons (Fsp3) is 0.583. The summed E-state index contributed by atoms with van der Waals surface area (Å²) in [5, 5.41) is 7.40. The van der Waals surface area contributed by atoms with Gasteiger partial charge in [-0.1, -0.05) is 12.1 Å². The molecule has 0 aliphatic heterocycles. The molecule has 5 nitrogen and oxygen atoms in total. The summed E-state index contributed by atoms with van der Waals surface area (Å²) in [4.78, 5) is 9.32. The fourth-order valence-electron chi connectivity index (χ4n) is 1.62. The summed E-state index contributed by atoms with van der Waals surface area (Å²) in [6.45, 7) is 5.40. The number of nitrogens with zero attached hydrogens (tertiary/aromatic N) is 3. The van der Waals surface area contributed by atoms with Gasteiger partial charge in [0.05, 0.1) is 10.4 Å². The molecular weight excluding hydrogens is 248 g/mol. The number of hydrogen-bond acceptors (Lipinski definition) is 6. The van der Waals surface area contributed by atoms with E-state index in [0.29, 0.717) is 17.8 Å². The van der Waals surface area contributed by atoms with Crippen molar-refractivity contribution in [3.8, 4) is 10.7 Å². The molecule has 6 heteroatoms. The van der Waals surface area contributed by atoms with E-state index in [2.05, 4.69) is 34.3 Å². The van der Waals surface area contributed by atoms with Crippen LogP contribution in [0.1, 0.15) is 32.6 Å². The van der Waals surface area contributed by atoms with Crippen molar-refractivity contribution in [3.05, 3.63) is 17.6 Å². The Hall–Kier alpha value is -1.27. The molecule has 0 saturated carbocycles. The van der Waals surface area contributed by atoms with Crippen LogP contribution in [0.3, 0.4) is 0 Å². The molecule has 0 amide bonds. The summed E-state index contributed by atoms with van der Waals surface area (Å²) in [5.41, 5.74) is 1.77. The predicted octanol–water partition coefficient (Wildman–Crippen LogP) is 2.51. The van der Waals surface area contributed by atoms with Crippen LogP contribution in [0.5, 0.6) is 0 Å². The predicted molar refractivity (Wildman–Crippen MR) is 71.5 cm³/mol. The van der Waals surface area contributed by atoms with Crippen molar-refractivity contribution in [3.63, 3.8) is 0 Å². The summed E-state index contributed by atoms with van der Waals surface area (Å²) in [5.74, 6) is 1.34. The molecule has 18 heavy (non-hydrogen) atoms. The van der Waals surface area contributed by atoms with Crippen LogP contribution in [0.15, 0.2) is 16.2 Å². The average Bonchev–Trinajstić information content (AvgIpc) is 3.03. The number of thiazole rings is 1. The molecule has 1 N–H and O–H groups in total. The first kappa shape index (κ1) is 13.2. The van der Waals surface area contributed by atoms with Gasteiger partial charge >= 0.3 is 0 Å². The minimum atomic E-state index is 0.476. The first-order valence-electron chi connectivity index (χ1n) is 6.24. The molecule has 1 atom stereocenters. The van der Waals surface area contributed by atoms with Crippen LogP contribution in [0, 0.1) is 0 Å². The van der Waals surface area contributed by atoms with E-state index in [4.69, 9.17) is 4.52 Å². The molecule has 98 valence electrons. The molecule has 0 saturated heterocycles. The Kier molecular flexibility index (Phi) is 4.83. The van der Waals surface area contributed by atoms with Gasteiger partial charge in [0.25, 0.3) is 0 Å². The first-order valence-corrected chi connectivity index (χ1v) is 7.12. The molecule has 0 radical (unpaired) electrons. The lowest BCUT2D eigenvalue weighted by atomic mass is 10.2. The van der Waals surface area contributed by atoms with E-state index in [1.165, 1.54) is 11.3 Å². The van der Waals surface area contributed by atoms with Gasteiger partial charge in [-0.2, -0.15) is 4.98 Å². The minimum Gasteiger partial charge on any atom is -0.339 e. The maximum absolute atomic E-state index is 5.23. The molecule has 2 rings (SSSR count). The van der Waals surface area contributed by atoms with Gasteiger partial charge in [-0.3, -0.25) is 4.98 Å². The van der Waals surface area contributed by atoms with Crippen molar-refractivity contribution in [2.75, 3.05) is 6.54 Å². The lowest BCUT2D eigenvalue weighted by molar-refractivity contribution is 0.367. The van der Waals surface area contributed by atoms with Gasteiger partial charge < -0.3 is 9.84 Å². The lowest BCUT2D eigenvalue weighted by Gasteiger charge is -2.10. The fourth-order valence-corrected chi connectivity index (χ4v) is 2.16. The Bertz CT molecular complexity index is 454. The average molecular weight is 266 g/mol. The maximum Gasteiger partial charge on any atom is 0.227 e. The smallest absolute Gasteiger partial charge is 0.227 e. The van der Waals surface area contributed by atoms with Crippen molar-refractivity contribution >= 4 is 11.3 Å². The Morgan fingerprint density at radius 1 is 1.50 bits per heavy atom. The summed E-state index contributed by atoms with van der Waals surface area (Å²) < 4.78 is 5.23. The largest absolute Gasteiger partial charge is 0.339 e. The second kappa shape index (κ2) is 6.61. The molecule has 0 aromatic carbocycles. The normalized spacial score (nSPS) is 12.8. The monoisotopic (exact) mass is 266 g/mol. The van der Waals surface area contributed by atoms with E-state index in [0.717, 1.165) is 30.7 Å². The number of aryl methyl sites for hydroxylation is 1.